The lowest BCUT2D eigenvalue weighted by atomic mass is 10.2. The number of nitrogens with one attached hydrogen (secondary N) is 1. The summed E-state index contributed by atoms with van der Waals surface area (Å²) in [7, 11) is 3.63. The maximum absolute atomic E-state index is 11.8. The molecule has 1 aromatic heterocycles. The van der Waals surface area contributed by atoms with Crippen molar-refractivity contribution in [1.29, 1.82) is 0 Å². The van der Waals surface area contributed by atoms with Crippen LogP contribution in [-0.4, -0.2) is 15.7 Å². The van der Waals surface area contributed by atoms with Crippen molar-refractivity contribution >= 4 is 23.4 Å². The average Bonchev–Trinajstić information content (AvgIpc) is 2.60. The monoisotopic (exact) mass is 283 g/mol. The number of hydrogen-bond acceptors (Lipinski definition) is 2. The number of rotatable bonds is 5. The van der Waals surface area contributed by atoms with Crippen LogP contribution >= 0.6 is 12.4 Å². The van der Waals surface area contributed by atoms with Gasteiger partial charge in [-0.1, -0.05) is 19.4 Å². The third kappa shape index (κ3) is 3.19. The van der Waals surface area contributed by atoms with Gasteiger partial charge in [0.1, 0.15) is 0 Å². The van der Waals surface area contributed by atoms with Gasteiger partial charge in [-0.3, -0.25) is 9.13 Å². The Bertz CT molecular complexity index is 600. The summed E-state index contributed by atoms with van der Waals surface area (Å²) >= 11 is 0. The number of halogens is 1. The topological polar surface area (TPSA) is 39.0 Å². The second kappa shape index (κ2) is 6.78. The summed E-state index contributed by atoms with van der Waals surface area (Å²) in [6.45, 7) is 4.09. The van der Waals surface area contributed by atoms with Gasteiger partial charge in [0.2, 0.25) is 0 Å². The molecule has 1 aromatic carbocycles. The Hall–Kier alpha value is -1.26. The van der Waals surface area contributed by atoms with E-state index in [0.717, 1.165) is 24.1 Å². The van der Waals surface area contributed by atoms with Gasteiger partial charge in [0.25, 0.3) is 0 Å². The first-order valence-electron chi connectivity index (χ1n) is 6.50. The smallest absolute Gasteiger partial charge is 0.313 e. The number of benzene rings is 1. The zero-order chi connectivity index (χ0) is 13.1. The highest BCUT2D eigenvalue weighted by molar-refractivity contribution is 5.85. The molecule has 0 saturated heterocycles. The molecule has 0 saturated carbocycles. The number of unbranched alkanes of at least 4 members (excludes halogenated alkanes) is 1. The number of aromatic nitrogens is 2. The molecular formula is C14H22ClN3O. The summed E-state index contributed by atoms with van der Waals surface area (Å²) in [5, 5.41) is 3.41. The maximum atomic E-state index is 11.8. The van der Waals surface area contributed by atoms with Crippen LogP contribution < -0.4 is 11.0 Å². The zero-order valence-electron chi connectivity index (χ0n) is 11.8. The van der Waals surface area contributed by atoms with E-state index in [4.69, 9.17) is 0 Å². The van der Waals surface area contributed by atoms with Crippen LogP contribution in [-0.2, 0) is 20.6 Å². The molecule has 1 heterocycles. The fraction of sp³-hybridized carbons (Fsp3) is 0.500. The fourth-order valence-electron chi connectivity index (χ4n) is 2.20. The van der Waals surface area contributed by atoms with Gasteiger partial charge in [0, 0.05) is 20.6 Å². The van der Waals surface area contributed by atoms with E-state index in [1.165, 1.54) is 18.4 Å². The van der Waals surface area contributed by atoms with Crippen LogP contribution in [0.2, 0.25) is 0 Å². The predicted molar refractivity (Wildman–Crippen MR) is 82.0 cm³/mol. The van der Waals surface area contributed by atoms with Crippen LogP contribution in [0, 0.1) is 0 Å². The van der Waals surface area contributed by atoms with Crippen molar-refractivity contribution < 1.29 is 0 Å². The molecular weight excluding hydrogens is 262 g/mol. The molecule has 0 spiro atoms. The average molecular weight is 284 g/mol. The first-order valence-corrected chi connectivity index (χ1v) is 6.50. The van der Waals surface area contributed by atoms with Gasteiger partial charge in [-0.25, -0.2) is 4.79 Å². The normalized spacial score (nSPS) is 10.7. The van der Waals surface area contributed by atoms with Gasteiger partial charge < -0.3 is 5.32 Å². The molecule has 1 N–H and O–H groups in total. The van der Waals surface area contributed by atoms with E-state index in [2.05, 4.69) is 24.4 Å². The molecule has 0 fully saturated rings. The minimum absolute atomic E-state index is 0. The predicted octanol–water partition coefficient (Wildman–Crippen LogP) is 2.19. The summed E-state index contributed by atoms with van der Waals surface area (Å²) in [5.74, 6) is 0. The van der Waals surface area contributed by atoms with E-state index in [-0.39, 0.29) is 18.1 Å². The molecule has 19 heavy (non-hydrogen) atoms. The highest BCUT2D eigenvalue weighted by atomic mass is 35.5. The van der Waals surface area contributed by atoms with Gasteiger partial charge in [-0.15, -0.1) is 12.4 Å². The van der Waals surface area contributed by atoms with Crippen LogP contribution in [0.3, 0.4) is 0 Å². The SMILES string of the molecule is CCCCNCc1ccc2c(c1)n(C)c(=O)n2C.Cl. The molecule has 4 nitrogen and oxygen atoms in total. The minimum Gasteiger partial charge on any atom is -0.313 e. The Balaban J connectivity index is 0.00000180. The van der Waals surface area contributed by atoms with Crippen molar-refractivity contribution in [3.05, 3.63) is 34.2 Å². The van der Waals surface area contributed by atoms with Crippen LogP contribution in [0.4, 0.5) is 0 Å². The van der Waals surface area contributed by atoms with Crippen molar-refractivity contribution in [3.63, 3.8) is 0 Å². The Kier molecular flexibility index (Phi) is 5.63. The van der Waals surface area contributed by atoms with Gasteiger partial charge in [0.15, 0.2) is 0 Å². The Morgan fingerprint density at radius 3 is 2.53 bits per heavy atom. The summed E-state index contributed by atoms with van der Waals surface area (Å²) in [6, 6.07) is 6.20. The standard InChI is InChI=1S/C14H21N3O.ClH/c1-4-5-8-15-10-11-6-7-12-13(9-11)17(3)14(18)16(12)2;/h6-7,9,15H,4-5,8,10H2,1-3H3;1H. The van der Waals surface area contributed by atoms with Crippen molar-refractivity contribution in [2.45, 2.75) is 26.3 Å². The summed E-state index contributed by atoms with van der Waals surface area (Å²) in [6.07, 6.45) is 2.41. The number of hydrogen-bond donors (Lipinski definition) is 1. The molecule has 5 heteroatoms. The Morgan fingerprint density at radius 2 is 1.84 bits per heavy atom. The largest absolute Gasteiger partial charge is 0.328 e. The zero-order valence-corrected chi connectivity index (χ0v) is 12.6. The molecule has 0 aliphatic heterocycles. The van der Waals surface area contributed by atoms with E-state index in [1.807, 2.05) is 20.2 Å². The van der Waals surface area contributed by atoms with Crippen LogP contribution in [0.15, 0.2) is 23.0 Å². The molecule has 0 radical (unpaired) electrons. The van der Waals surface area contributed by atoms with Gasteiger partial charge in [-0.05, 0) is 30.7 Å². The van der Waals surface area contributed by atoms with Gasteiger partial charge in [-0.2, -0.15) is 0 Å². The van der Waals surface area contributed by atoms with Crippen molar-refractivity contribution in [2.75, 3.05) is 6.54 Å². The van der Waals surface area contributed by atoms with E-state index >= 15 is 0 Å². The van der Waals surface area contributed by atoms with E-state index < -0.39 is 0 Å². The number of nitrogens with zero attached hydrogens (tertiary/aromatic N) is 2. The van der Waals surface area contributed by atoms with Crippen LogP contribution in [0.1, 0.15) is 25.3 Å². The minimum atomic E-state index is 0. The second-order valence-corrected chi connectivity index (χ2v) is 4.75. The third-order valence-electron chi connectivity index (χ3n) is 3.37. The van der Waals surface area contributed by atoms with Crippen LogP contribution in [0.5, 0.6) is 0 Å². The highest BCUT2D eigenvalue weighted by Gasteiger charge is 2.07. The molecule has 2 aromatic rings. The Morgan fingerprint density at radius 1 is 1.16 bits per heavy atom. The lowest BCUT2D eigenvalue weighted by Gasteiger charge is -2.04. The van der Waals surface area contributed by atoms with Gasteiger partial charge >= 0.3 is 5.69 Å². The van der Waals surface area contributed by atoms with E-state index in [0.29, 0.717) is 0 Å². The maximum Gasteiger partial charge on any atom is 0.328 e. The second-order valence-electron chi connectivity index (χ2n) is 4.75. The summed E-state index contributed by atoms with van der Waals surface area (Å²) in [4.78, 5) is 11.8. The fourth-order valence-corrected chi connectivity index (χ4v) is 2.20. The lowest BCUT2D eigenvalue weighted by Crippen LogP contribution is -2.19. The first kappa shape index (κ1) is 15.8. The van der Waals surface area contributed by atoms with E-state index in [9.17, 15) is 4.79 Å². The highest BCUT2D eigenvalue weighted by Crippen LogP contribution is 2.13. The molecule has 0 aliphatic rings. The van der Waals surface area contributed by atoms with Crippen molar-refractivity contribution in [2.24, 2.45) is 14.1 Å². The van der Waals surface area contributed by atoms with Crippen molar-refractivity contribution in [3.8, 4) is 0 Å². The number of fused-ring (bicyclic) bond motifs is 1. The molecule has 0 bridgehead atoms. The summed E-state index contributed by atoms with van der Waals surface area (Å²) in [5.41, 5.74) is 3.23. The molecule has 2 rings (SSSR count). The summed E-state index contributed by atoms with van der Waals surface area (Å²) < 4.78 is 3.38. The van der Waals surface area contributed by atoms with E-state index in [1.54, 1.807) is 9.13 Å². The third-order valence-corrected chi connectivity index (χ3v) is 3.37. The molecule has 0 atom stereocenters. The molecule has 0 aliphatic carbocycles. The number of aryl methyl sites for hydroxylation is 2. The van der Waals surface area contributed by atoms with Crippen molar-refractivity contribution in [1.82, 2.24) is 14.5 Å². The first-order chi connectivity index (χ1) is 8.65. The quantitative estimate of drug-likeness (QED) is 0.855. The molecule has 0 unspecified atom stereocenters. The number of imidazole rings is 1. The molecule has 0 amide bonds. The van der Waals surface area contributed by atoms with Gasteiger partial charge in [0.05, 0.1) is 11.0 Å². The lowest BCUT2D eigenvalue weighted by molar-refractivity contribution is 0.641. The molecule has 106 valence electrons. The van der Waals surface area contributed by atoms with Crippen LogP contribution in [0.25, 0.3) is 11.0 Å². The Labute approximate surface area is 119 Å².